The van der Waals surface area contributed by atoms with Crippen LogP contribution in [0.1, 0.15) is 24.4 Å². The molecule has 0 saturated carbocycles. The smallest absolute Gasteiger partial charge is 0.0462 e. The van der Waals surface area contributed by atoms with E-state index < -0.39 is 0 Å². The summed E-state index contributed by atoms with van der Waals surface area (Å²) in [5.74, 6) is 0. The van der Waals surface area contributed by atoms with E-state index in [4.69, 9.17) is 33.7 Å². The summed E-state index contributed by atoms with van der Waals surface area (Å²) in [6.07, 6.45) is 1.76. The maximum atomic E-state index is 6.03. The minimum absolute atomic E-state index is 0.0775. The molecule has 0 heterocycles. The molecule has 1 aromatic carbocycles. The van der Waals surface area contributed by atoms with Crippen LogP contribution in [0.2, 0.25) is 10.0 Å². The Hall–Kier alpha value is -0.280. The first-order valence-electron chi connectivity index (χ1n) is 4.84. The number of methoxy groups -OCH3 is 1. The Morgan fingerprint density at radius 1 is 1.40 bits per heavy atom. The van der Waals surface area contributed by atoms with Crippen LogP contribution in [0.3, 0.4) is 0 Å². The quantitative estimate of drug-likeness (QED) is 0.810. The van der Waals surface area contributed by atoms with Crippen LogP contribution in [0.25, 0.3) is 0 Å². The molecule has 0 amide bonds. The summed E-state index contributed by atoms with van der Waals surface area (Å²) in [5, 5.41) is 1.33. The molecule has 0 spiro atoms. The van der Waals surface area contributed by atoms with Crippen LogP contribution in [0, 0.1) is 0 Å². The zero-order valence-corrected chi connectivity index (χ0v) is 10.2. The van der Waals surface area contributed by atoms with Gasteiger partial charge in [0.1, 0.15) is 0 Å². The SMILES string of the molecule is COCCCC(N)c1cc(Cl)ccc1Cl. The van der Waals surface area contributed by atoms with E-state index in [0.29, 0.717) is 16.7 Å². The summed E-state index contributed by atoms with van der Waals surface area (Å²) in [6.45, 7) is 0.714. The van der Waals surface area contributed by atoms with E-state index in [1.54, 1.807) is 19.2 Å². The van der Waals surface area contributed by atoms with Crippen molar-refractivity contribution < 1.29 is 4.74 Å². The lowest BCUT2D eigenvalue weighted by atomic mass is 10.0. The van der Waals surface area contributed by atoms with Gasteiger partial charge in [0.15, 0.2) is 0 Å². The molecule has 4 heteroatoms. The molecule has 0 radical (unpaired) electrons. The number of hydrogen-bond donors (Lipinski definition) is 1. The minimum atomic E-state index is -0.0775. The van der Waals surface area contributed by atoms with Crippen LogP contribution in [0.4, 0.5) is 0 Å². The van der Waals surface area contributed by atoms with Gasteiger partial charge in [0.25, 0.3) is 0 Å². The molecule has 1 aromatic rings. The van der Waals surface area contributed by atoms with Gasteiger partial charge in [-0.25, -0.2) is 0 Å². The van der Waals surface area contributed by atoms with Crippen LogP contribution in [0.5, 0.6) is 0 Å². The second kappa shape index (κ2) is 6.33. The van der Waals surface area contributed by atoms with Gasteiger partial charge < -0.3 is 10.5 Å². The molecule has 0 bridgehead atoms. The van der Waals surface area contributed by atoms with Crippen molar-refractivity contribution in [3.63, 3.8) is 0 Å². The van der Waals surface area contributed by atoms with Gasteiger partial charge in [0.2, 0.25) is 0 Å². The largest absolute Gasteiger partial charge is 0.385 e. The first-order valence-corrected chi connectivity index (χ1v) is 5.60. The van der Waals surface area contributed by atoms with Crippen LogP contribution in [-0.4, -0.2) is 13.7 Å². The Morgan fingerprint density at radius 3 is 2.80 bits per heavy atom. The Morgan fingerprint density at radius 2 is 2.13 bits per heavy atom. The van der Waals surface area contributed by atoms with Gasteiger partial charge in [-0.05, 0) is 36.6 Å². The lowest BCUT2D eigenvalue weighted by molar-refractivity contribution is 0.190. The van der Waals surface area contributed by atoms with Crippen molar-refractivity contribution in [3.05, 3.63) is 33.8 Å². The topological polar surface area (TPSA) is 35.2 Å². The van der Waals surface area contributed by atoms with Gasteiger partial charge in [-0.3, -0.25) is 0 Å². The van der Waals surface area contributed by atoms with Crippen LogP contribution in [0.15, 0.2) is 18.2 Å². The van der Waals surface area contributed by atoms with Crippen molar-refractivity contribution >= 4 is 23.2 Å². The number of halogens is 2. The Balaban J connectivity index is 2.64. The molecule has 0 aromatic heterocycles. The molecule has 1 atom stereocenters. The fraction of sp³-hybridized carbons (Fsp3) is 0.455. The van der Waals surface area contributed by atoms with E-state index in [-0.39, 0.29) is 6.04 Å². The second-order valence-electron chi connectivity index (χ2n) is 3.41. The van der Waals surface area contributed by atoms with Crippen LogP contribution < -0.4 is 5.73 Å². The first-order chi connectivity index (χ1) is 7.15. The van der Waals surface area contributed by atoms with E-state index in [0.717, 1.165) is 18.4 Å². The summed E-state index contributed by atoms with van der Waals surface area (Å²) < 4.78 is 4.97. The first kappa shape index (κ1) is 12.8. The summed E-state index contributed by atoms with van der Waals surface area (Å²) >= 11 is 11.9. The van der Waals surface area contributed by atoms with E-state index in [1.807, 2.05) is 6.07 Å². The molecule has 2 nitrogen and oxygen atoms in total. The van der Waals surface area contributed by atoms with Gasteiger partial charge in [-0.2, -0.15) is 0 Å². The van der Waals surface area contributed by atoms with Gasteiger partial charge in [-0.1, -0.05) is 23.2 Å². The molecule has 2 N–H and O–H groups in total. The van der Waals surface area contributed by atoms with Crippen molar-refractivity contribution in [2.75, 3.05) is 13.7 Å². The number of ether oxygens (including phenoxy) is 1. The van der Waals surface area contributed by atoms with Gasteiger partial charge in [-0.15, -0.1) is 0 Å². The monoisotopic (exact) mass is 247 g/mol. The summed E-state index contributed by atoms with van der Waals surface area (Å²) in [6, 6.07) is 5.28. The Labute approximate surface area is 100 Å². The molecular weight excluding hydrogens is 233 g/mol. The van der Waals surface area contributed by atoms with E-state index in [2.05, 4.69) is 0 Å². The third-order valence-electron chi connectivity index (χ3n) is 2.22. The van der Waals surface area contributed by atoms with Crippen molar-refractivity contribution in [1.29, 1.82) is 0 Å². The number of benzene rings is 1. The standard InChI is InChI=1S/C11H15Cl2NO/c1-15-6-2-3-11(14)9-7-8(12)4-5-10(9)13/h4-5,7,11H,2-3,6,14H2,1H3. The zero-order chi connectivity index (χ0) is 11.3. The summed E-state index contributed by atoms with van der Waals surface area (Å²) in [5.41, 5.74) is 6.91. The molecule has 1 unspecified atom stereocenters. The van der Waals surface area contributed by atoms with E-state index in [9.17, 15) is 0 Å². The molecule has 0 aliphatic heterocycles. The number of hydrogen-bond acceptors (Lipinski definition) is 2. The fourth-order valence-corrected chi connectivity index (χ4v) is 1.84. The fourth-order valence-electron chi connectivity index (χ4n) is 1.40. The Bertz CT molecular complexity index is 317. The van der Waals surface area contributed by atoms with Crippen molar-refractivity contribution in [2.45, 2.75) is 18.9 Å². The predicted molar refractivity (Wildman–Crippen MR) is 64.5 cm³/mol. The summed E-state index contributed by atoms with van der Waals surface area (Å²) in [7, 11) is 1.68. The molecular formula is C11H15Cl2NO. The molecule has 15 heavy (non-hydrogen) atoms. The lowest BCUT2D eigenvalue weighted by Gasteiger charge is -2.13. The number of rotatable bonds is 5. The van der Waals surface area contributed by atoms with Crippen molar-refractivity contribution in [2.24, 2.45) is 5.73 Å². The molecule has 0 fully saturated rings. The summed E-state index contributed by atoms with van der Waals surface area (Å²) in [4.78, 5) is 0. The molecule has 0 aliphatic carbocycles. The molecule has 1 rings (SSSR count). The highest BCUT2D eigenvalue weighted by Crippen LogP contribution is 2.27. The molecule has 84 valence electrons. The van der Waals surface area contributed by atoms with Gasteiger partial charge in [0.05, 0.1) is 0 Å². The maximum absolute atomic E-state index is 6.03. The van der Waals surface area contributed by atoms with E-state index in [1.165, 1.54) is 0 Å². The average molecular weight is 248 g/mol. The van der Waals surface area contributed by atoms with E-state index >= 15 is 0 Å². The van der Waals surface area contributed by atoms with Crippen LogP contribution in [-0.2, 0) is 4.74 Å². The minimum Gasteiger partial charge on any atom is -0.385 e. The number of nitrogens with two attached hydrogens (primary N) is 1. The van der Waals surface area contributed by atoms with Crippen molar-refractivity contribution in [1.82, 2.24) is 0 Å². The highest BCUT2D eigenvalue weighted by atomic mass is 35.5. The highest BCUT2D eigenvalue weighted by Gasteiger charge is 2.10. The highest BCUT2D eigenvalue weighted by molar-refractivity contribution is 6.33. The zero-order valence-electron chi connectivity index (χ0n) is 8.67. The third-order valence-corrected chi connectivity index (χ3v) is 2.80. The Kier molecular flexibility index (Phi) is 5.40. The van der Waals surface area contributed by atoms with Gasteiger partial charge in [0, 0.05) is 29.8 Å². The average Bonchev–Trinajstić information content (AvgIpc) is 2.22. The maximum Gasteiger partial charge on any atom is 0.0462 e. The normalized spacial score (nSPS) is 12.8. The molecule has 0 saturated heterocycles. The van der Waals surface area contributed by atoms with Crippen molar-refractivity contribution in [3.8, 4) is 0 Å². The predicted octanol–water partition coefficient (Wildman–Crippen LogP) is 3.42. The van der Waals surface area contributed by atoms with Gasteiger partial charge >= 0.3 is 0 Å². The lowest BCUT2D eigenvalue weighted by Crippen LogP contribution is -2.11. The third kappa shape index (κ3) is 3.99. The molecule has 0 aliphatic rings. The van der Waals surface area contributed by atoms with Crippen LogP contribution >= 0.6 is 23.2 Å². The second-order valence-corrected chi connectivity index (χ2v) is 4.25.